The number of hydrogen-bond acceptors (Lipinski definition) is 6. The van der Waals surface area contributed by atoms with Crippen LogP contribution in [-0.4, -0.2) is 34.7 Å². The molecule has 0 saturated carbocycles. The highest BCUT2D eigenvalue weighted by molar-refractivity contribution is 7.16. The van der Waals surface area contributed by atoms with Crippen LogP contribution in [0.1, 0.15) is 10.4 Å². The van der Waals surface area contributed by atoms with E-state index in [1.807, 2.05) is 23.7 Å². The maximum atomic E-state index is 12.7. The number of fused-ring (bicyclic) bond motifs is 2. The summed E-state index contributed by atoms with van der Waals surface area (Å²) in [6.07, 6.45) is 3.22. The van der Waals surface area contributed by atoms with Crippen LogP contribution in [0.15, 0.2) is 47.7 Å². The fourth-order valence-corrected chi connectivity index (χ4v) is 3.84. The number of ether oxygens (including phenoxy) is 2. The third-order valence-electron chi connectivity index (χ3n) is 4.23. The van der Waals surface area contributed by atoms with Crippen LogP contribution in [0.4, 0.5) is 0 Å². The van der Waals surface area contributed by atoms with Crippen LogP contribution in [0.25, 0.3) is 21.3 Å². The van der Waals surface area contributed by atoms with Gasteiger partial charge in [0.25, 0.3) is 5.91 Å². The van der Waals surface area contributed by atoms with Gasteiger partial charge in [0.2, 0.25) is 0 Å². The zero-order valence-corrected chi connectivity index (χ0v) is 15.8. The first-order valence-corrected chi connectivity index (χ1v) is 8.93. The quantitative estimate of drug-likeness (QED) is 0.546. The standard InChI is InChI=1S/C19H16N4O3S/c1-23-14-9-15(25-2)16(26-3)10-17(14)27-19(23)22-18(24)11-4-5-12-13(8-11)21-7-6-20-12/h4-10H,1-3H3. The lowest BCUT2D eigenvalue weighted by Gasteiger charge is -2.07. The van der Waals surface area contributed by atoms with Gasteiger partial charge in [-0.15, -0.1) is 0 Å². The van der Waals surface area contributed by atoms with Crippen molar-refractivity contribution in [3.8, 4) is 11.5 Å². The van der Waals surface area contributed by atoms with Gasteiger partial charge in [-0.2, -0.15) is 4.99 Å². The lowest BCUT2D eigenvalue weighted by atomic mass is 10.2. The molecule has 2 aromatic heterocycles. The molecule has 0 bridgehead atoms. The topological polar surface area (TPSA) is 78.6 Å². The number of benzene rings is 2. The van der Waals surface area contributed by atoms with Crippen molar-refractivity contribution in [1.82, 2.24) is 14.5 Å². The third kappa shape index (κ3) is 3.04. The number of amides is 1. The number of hydrogen-bond donors (Lipinski definition) is 0. The largest absolute Gasteiger partial charge is 0.493 e. The van der Waals surface area contributed by atoms with E-state index in [-0.39, 0.29) is 5.91 Å². The van der Waals surface area contributed by atoms with E-state index < -0.39 is 0 Å². The normalized spacial score (nSPS) is 11.9. The second-order valence-corrected chi connectivity index (χ2v) is 6.80. The second-order valence-electron chi connectivity index (χ2n) is 5.80. The van der Waals surface area contributed by atoms with Gasteiger partial charge in [0, 0.05) is 37.1 Å². The molecule has 0 radical (unpaired) electrons. The SMILES string of the molecule is COc1cc2sc(=NC(=O)c3ccc4nccnc4c3)n(C)c2cc1OC. The third-order valence-corrected chi connectivity index (χ3v) is 5.32. The van der Waals surface area contributed by atoms with E-state index in [1.54, 1.807) is 44.8 Å². The van der Waals surface area contributed by atoms with Crippen molar-refractivity contribution in [2.45, 2.75) is 0 Å². The molecule has 2 aromatic carbocycles. The van der Waals surface area contributed by atoms with Gasteiger partial charge in [-0.25, -0.2) is 0 Å². The fourth-order valence-electron chi connectivity index (χ4n) is 2.81. The number of aromatic nitrogens is 3. The second kappa shape index (κ2) is 6.81. The number of nitrogens with zero attached hydrogens (tertiary/aromatic N) is 4. The van der Waals surface area contributed by atoms with Gasteiger partial charge in [-0.1, -0.05) is 11.3 Å². The molecule has 0 aliphatic heterocycles. The van der Waals surface area contributed by atoms with Crippen molar-refractivity contribution in [2.24, 2.45) is 12.0 Å². The van der Waals surface area contributed by atoms with Crippen molar-refractivity contribution in [3.05, 3.63) is 53.1 Å². The van der Waals surface area contributed by atoms with Crippen molar-refractivity contribution in [2.75, 3.05) is 14.2 Å². The minimum absolute atomic E-state index is 0.330. The number of aryl methyl sites for hydroxylation is 1. The average Bonchev–Trinajstić information content (AvgIpc) is 3.01. The highest BCUT2D eigenvalue weighted by Crippen LogP contribution is 2.33. The first-order valence-electron chi connectivity index (χ1n) is 8.12. The molecule has 7 nitrogen and oxygen atoms in total. The van der Waals surface area contributed by atoms with E-state index in [0.717, 1.165) is 15.7 Å². The molecular formula is C19H16N4O3S. The molecule has 4 rings (SSSR count). The maximum Gasteiger partial charge on any atom is 0.279 e. The number of rotatable bonds is 3. The lowest BCUT2D eigenvalue weighted by molar-refractivity contribution is 0.0998. The number of methoxy groups -OCH3 is 2. The zero-order chi connectivity index (χ0) is 19.0. The van der Waals surface area contributed by atoms with Gasteiger partial charge < -0.3 is 14.0 Å². The summed E-state index contributed by atoms with van der Waals surface area (Å²) in [5.41, 5.74) is 2.78. The van der Waals surface area contributed by atoms with Crippen LogP contribution in [0.3, 0.4) is 0 Å². The minimum Gasteiger partial charge on any atom is -0.493 e. The average molecular weight is 380 g/mol. The summed E-state index contributed by atoms with van der Waals surface area (Å²) in [7, 11) is 5.05. The Kier molecular flexibility index (Phi) is 4.33. The maximum absolute atomic E-state index is 12.7. The molecule has 0 aliphatic rings. The summed E-state index contributed by atoms with van der Waals surface area (Å²) in [6, 6.07) is 8.94. The van der Waals surface area contributed by atoms with Gasteiger partial charge >= 0.3 is 0 Å². The Bertz CT molecular complexity index is 1240. The Morgan fingerprint density at radius 3 is 2.48 bits per heavy atom. The van der Waals surface area contributed by atoms with Crippen molar-refractivity contribution in [3.63, 3.8) is 0 Å². The van der Waals surface area contributed by atoms with Crippen molar-refractivity contribution in [1.29, 1.82) is 0 Å². The monoisotopic (exact) mass is 380 g/mol. The van der Waals surface area contributed by atoms with Gasteiger partial charge in [-0.3, -0.25) is 14.8 Å². The molecule has 1 amide bonds. The van der Waals surface area contributed by atoms with Crippen molar-refractivity contribution < 1.29 is 14.3 Å². The van der Waals surface area contributed by atoms with Gasteiger partial charge in [0.15, 0.2) is 16.3 Å². The molecule has 27 heavy (non-hydrogen) atoms. The van der Waals surface area contributed by atoms with E-state index in [2.05, 4.69) is 15.0 Å². The number of carbonyl (C=O) groups excluding carboxylic acids is 1. The summed E-state index contributed by atoms with van der Waals surface area (Å²) in [6.45, 7) is 0. The van der Waals surface area contributed by atoms with Crippen molar-refractivity contribution >= 4 is 38.5 Å². The van der Waals surface area contributed by atoms with E-state index in [1.165, 1.54) is 11.3 Å². The molecule has 8 heteroatoms. The first kappa shape index (κ1) is 17.2. The Morgan fingerprint density at radius 1 is 1.04 bits per heavy atom. The highest BCUT2D eigenvalue weighted by Gasteiger charge is 2.12. The highest BCUT2D eigenvalue weighted by atomic mass is 32.1. The predicted octanol–water partition coefficient (Wildman–Crippen LogP) is 2.94. The van der Waals surface area contributed by atoms with Gasteiger partial charge in [0.05, 0.1) is 35.5 Å². The first-order chi connectivity index (χ1) is 13.1. The summed E-state index contributed by atoms with van der Waals surface area (Å²) in [4.78, 5) is 26.0. The summed E-state index contributed by atoms with van der Waals surface area (Å²) in [5, 5.41) is 0. The Labute approximate surface area is 158 Å². The molecule has 0 atom stereocenters. The van der Waals surface area contributed by atoms with Crippen LogP contribution in [-0.2, 0) is 7.05 Å². The van der Waals surface area contributed by atoms with E-state index in [9.17, 15) is 4.79 Å². The van der Waals surface area contributed by atoms with Gasteiger partial charge in [0.1, 0.15) is 0 Å². The fraction of sp³-hybridized carbons (Fsp3) is 0.158. The van der Waals surface area contributed by atoms with Crippen LogP contribution in [0.5, 0.6) is 11.5 Å². The smallest absolute Gasteiger partial charge is 0.279 e. The molecule has 0 fully saturated rings. The lowest BCUT2D eigenvalue weighted by Crippen LogP contribution is -2.13. The molecule has 2 heterocycles. The number of carbonyl (C=O) groups is 1. The molecule has 0 N–H and O–H groups in total. The summed E-state index contributed by atoms with van der Waals surface area (Å²) in [5.74, 6) is 0.936. The van der Waals surface area contributed by atoms with E-state index >= 15 is 0 Å². The molecule has 0 saturated heterocycles. The molecule has 0 unspecified atom stereocenters. The molecule has 4 aromatic rings. The zero-order valence-electron chi connectivity index (χ0n) is 15.0. The Morgan fingerprint density at radius 2 is 1.74 bits per heavy atom. The van der Waals surface area contributed by atoms with E-state index in [0.29, 0.717) is 27.4 Å². The summed E-state index contributed by atoms with van der Waals surface area (Å²) >= 11 is 1.41. The molecule has 0 aliphatic carbocycles. The molecule has 136 valence electrons. The predicted molar refractivity (Wildman–Crippen MR) is 103 cm³/mol. The van der Waals surface area contributed by atoms with E-state index in [4.69, 9.17) is 9.47 Å². The van der Waals surface area contributed by atoms with Gasteiger partial charge in [-0.05, 0) is 18.2 Å². The summed E-state index contributed by atoms with van der Waals surface area (Å²) < 4.78 is 13.5. The molecule has 0 spiro atoms. The minimum atomic E-state index is -0.330. The van der Waals surface area contributed by atoms with Crippen LogP contribution < -0.4 is 14.3 Å². The Balaban J connectivity index is 1.81. The number of thiazole rings is 1. The van der Waals surface area contributed by atoms with Crippen LogP contribution in [0.2, 0.25) is 0 Å². The van der Waals surface area contributed by atoms with Crippen LogP contribution in [0, 0.1) is 0 Å². The van der Waals surface area contributed by atoms with Crippen LogP contribution >= 0.6 is 11.3 Å². The Hall–Kier alpha value is -3.26. The molecular weight excluding hydrogens is 364 g/mol.